The Kier molecular flexibility index (Phi) is 5.76. The van der Waals surface area contributed by atoms with Gasteiger partial charge in [-0.15, -0.1) is 0 Å². The van der Waals surface area contributed by atoms with Crippen molar-refractivity contribution < 1.29 is 32.7 Å². The molecule has 12 heteroatoms. The van der Waals surface area contributed by atoms with Gasteiger partial charge in [-0.1, -0.05) is 11.8 Å². The minimum absolute atomic E-state index is 0.00401. The van der Waals surface area contributed by atoms with Crippen molar-refractivity contribution in [1.82, 2.24) is 4.90 Å². The summed E-state index contributed by atoms with van der Waals surface area (Å²) >= 11 is 0.959. The van der Waals surface area contributed by atoms with Crippen molar-refractivity contribution in [3.63, 3.8) is 0 Å². The SMILES string of the molecule is CC(C)(C)N(C(=O)O)C1=N[C@@]2(c3cc([N+](=O)[O-])ccc3F)CO[C@H](C(F)F)[C@H]2CS1. The van der Waals surface area contributed by atoms with Crippen LogP contribution < -0.4 is 0 Å². The van der Waals surface area contributed by atoms with E-state index in [0.717, 1.165) is 34.9 Å². The normalized spacial score (nSPS) is 26.3. The van der Waals surface area contributed by atoms with Crippen LogP contribution in [0, 0.1) is 21.8 Å². The first-order chi connectivity index (χ1) is 13.9. The van der Waals surface area contributed by atoms with Crippen molar-refractivity contribution in [2.75, 3.05) is 12.4 Å². The molecule has 3 atom stereocenters. The molecule has 1 aromatic rings. The molecule has 1 N–H and O–H groups in total. The number of halogens is 3. The largest absolute Gasteiger partial charge is 0.465 e. The maximum absolute atomic E-state index is 14.8. The first kappa shape index (κ1) is 22.3. The standard InChI is InChI=1S/C18H20F3N3O5S/c1-17(2,3)23(16(25)26)15-22-18(8-29-13(14(20)21)11(18)7-30-15)10-6-9(24(27)28)4-5-12(10)19/h4-6,11,13-14H,7-8H2,1-3H3,(H,25,26)/t11-,13+,18-/m1/s1. The van der Waals surface area contributed by atoms with E-state index in [1.165, 1.54) is 0 Å². The third kappa shape index (κ3) is 3.73. The molecular formula is C18H20F3N3O5S. The molecule has 1 fully saturated rings. The first-order valence-electron chi connectivity index (χ1n) is 8.98. The van der Waals surface area contributed by atoms with Gasteiger partial charge < -0.3 is 9.84 Å². The van der Waals surface area contributed by atoms with E-state index in [-0.39, 0.29) is 16.5 Å². The number of aliphatic imine (C=N–C) groups is 1. The van der Waals surface area contributed by atoms with Crippen molar-refractivity contribution in [2.24, 2.45) is 10.9 Å². The van der Waals surface area contributed by atoms with Crippen LogP contribution in [-0.2, 0) is 10.3 Å². The van der Waals surface area contributed by atoms with Gasteiger partial charge in [-0.3, -0.25) is 15.0 Å². The third-order valence-electron chi connectivity index (χ3n) is 5.12. The fraction of sp³-hybridized carbons (Fsp3) is 0.556. The van der Waals surface area contributed by atoms with Gasteiger partial charge in [0.15, 0.2) is 5.17 Å². The van der Waals surface area contributed by atoms with Crippen LogP contribution in [0.2, 0.25) is 0 Å². The summed E-state index contributed by atoms with van der Waals surface area (Å²) in [6.07, 6.45) is -5.75. The molecule has 8 nitrogen and oxygen atoms in total. The Morgan fingerprint density at radius 3 is 2.67 bits per heavy atom. The number of non-ortho nitro benzene ring substituents is 1. The van der Waals surface area contributed by atoms with Crippen LogP contribution in [0.3, 0.4) is 0 Å². The highest BCUT2D eigenvalue weighted by atomic mass is 32.2. The summed E-state index contributed by atoms with van der Waals surface area (Å²) in [5.74, 6) is -1.88. The molecule has 3 rings (SSSR count). The first-order valence-corrected chi connectivity index (χ1v) is 9.97. The van der Waals surface area contributed by atoms with E-state index in [1.807, 2.05) is 0 Å². The Morgan fingerprint density at radius 2 is 2.13 bits per heavy atom. The number of amidine groups is 1. The lowest BCUT2D eigenvalue weighted by Gasteiger charge is -2.41. The number of nitro groups is 1. The summed E-state index contributed by atoms with van der Waals surface area (Å²) in [5.41, 5.74) is -3.33. The Labute approximate surface area is 174 Å². The van der Waals surface area contributed by atoms with Crippen molar-refractivity contribution in [2.45, 2.75) is 44.4 Å². The summed E-state index contributed by atoms with van der Waals surface area (Å²) < 4.78 is 47.3. The molecular weight excluding hydrogens is 427 g/mol. The molecule has 0 radical (unpaired) electrons. The van der Waals surface area contributed by atoms with E-state index in [4.69, 9.17) is 4.74 Å². The number of nitrogens with zero attached hydrogens (tertiary/aromatic N) is 3. The lowest BCUT2D eigenvalue weighted by Crippen LogP contribution is -2.52. The second-order valence-corrected chi connectivity index (χ2v) is 9.04. The summed E-state index contributed by atoms with van der Waals surface area (Å²) in [5, 5.41) is 20.9. The number of carbonyl (C=O) groups is 1. The fourth-order valence-corrected chi connectivity index (χ4v) is 5.25. The zero-order chi connectivity index (χ0) is 22.4. The molecule has 0 aromatic heterocycles. The fourth-order valence-electron chi connectivity index (χ4n) is 3.75. The van der Waals surface area contributed by atoms with Gasteiger partial charge in [-0.25, -0.2) is 23.0 Å². The molecule has 2 heterocycles. The van der Waals surface area contributed by atoms with Crippen LogP contribution in [0.4, 0.5) is 23.7 Å². The van der Waals surface area contributed by atoms with E-state index < -0.39 is 58.7 Å². The summed E-state index contributed by atoms with van der Waals surface area (Å²) in [6, 6.07) is 2.80. The summed E-state index contributed by atoms with van der Waals surface area (Å²) in [4.78, 5) is 27.8. The van der Waals surface area contributed by atoms with Crippen molar-refractivity contribution in [3.05, 3.63) is 39.7 Å². The quantitative estimate of drug-likeness (QED) is 0.553. The van der Waals surface area contributed by atoms with E-state index in [0.29, 0.717) is 0 Å². The monoisotopic (exact) mass is 447 g/mol. The maximum atomic E-state index is 14.8. The van der Waals surface area contributed by atoms with E-state index in [2.05, 4.69) is 4.99 Å². The van der Waals surface area contributed by atoms with Crippen LogP contribution >= 0.6 is 11.8 Å². The van der Waals surface area contributed by atoms with Crippen molar-refractivity contribution in [1.29, 1.82) is 0 Å². The topological polar surface area (TPSA) is 105 Å². The van der Waals surface area contributed by atoms with Gasteiger partial charge in [0.05, 0.1) is 11.5 Å². The maximum Gasteiger partial charge on any atom is 0.413 e. The summed E-state index contributed by atoms with van der Waals surface area (Å²) in [7, 11) is 0. The highest BCUT2D eigenvalue weighted by Gasteiger charge is 2.58. The average molecular weight is 447 g/mol. The predicted octanol–water partition coefficient (Wildman–Crippen LogP) is 4.09. The van der Waals surface area contributed by atoms with Gasteiger partial charge >= 0.3 is 6.09 Å². The van der Waals surface area contributed by atoms with Gasteiger partial charge in [0.25, 0.3) is 12.1 Å². The number of amides is 1. The number of hydrogen-bond donors (Lipinski definition) is 1. The van der Waals surface area contributed by atoms with Crippen LogP contribution in [0.25, 0.3) is 0 Å². The third-order valence-corrected chi connectivity index (χ3v) is 6.18. The molecule has 2 aliphatic rings. The molecule has 0 saturated carbocycles. The zero-order valence-corrected chi connectivity index (χ0v) is 17.2. The van der Waals surface area contributed by atoms with E-state index in [1.54, 1.807) is 20.8 Å². The van der Waals surface area contributed by atoms with E-state index >= 15 is 0 Å². The molecule has 0 aliphatic carbocycles. The second kappa shape index (κ2) is 7.73. The Morgan fingerprint density at radius 1 is 1.47 bits per heavy atom. The number of alkyl halides is 2. The minimum atomic E-state index is -2.88. The van der Waals surface area contributed by atoms with Crippen molar-refractivity contribution >= 4 is 28.7 Å². The van der Waals surface area contributed by atoms with Gasteiger partial charge in [0, 0.05) is 34.9 Å². The number of thioether (sulfide) groups is 1. The molecule has 1 amide bonds. The minimum Gasteiger partial charge on any atom is -0.465 e. The van der Waals surface area contributed by atoms with Gasteiger partial charge in [0.2, 0.25) is 0 Å². The number of benzene rings is 1. The van der Waals surface area contributed by atoms with E-state index in [9.17, 15) is 33.2 Å². The Bertz CT molecular complexity index is 908. The number of rotatable bonds is 3. The lowest BCUT2D eigenvalue weighted by molar-refractivity contribution is -0.385. The number of carboxylic acid groups (broad SMARTS) is 1. The average Bonchev–Trinajstić information content (AvgIpc) is 3.00. The van der Waals surface area contributed by atoms with Gasteiger partial charge in [-0.05, 0) is 26.8 Å². The smallest absolute Gasteiger partial charge is 0.413 e. The number of fused-ring (bicyclic) bond motifs is 1. The van der Waals surface area contributed by atoms with Crippen LogP contribution in [0.5, 0.6) is 0 Å². The highest BCUT2D eigenvalue weighted by Crippen LogP contribution is 2.51. The molecule has 30 heavy (non-hydrogen) atoms. The molecule has 0 unspecified atom stereocenters. The van der Waals surface area contributed by atoms with Crippen LogP contribution in [-0.4, -0.2) is 56.6 Å². The molecule has 1 saturated heterocycles. The van der Waals surface area contributed by atoms with Crippen LogP contribution in [0.15, 0.2) is 23.2 Å². The van der Waals surface area contributed by atoms with Gasteiger partial charge in [0.1, 0.15) is 17.5 Å². The number of ether oxygens (including phenoxy) is 1. The Hall–Kier alpha value is -2.34. The van der Waals surface area contributed by atoms with Crippen molar-refractivity contribution in [3.8, 4) is 0 Å². The summed E-state index contributed by atoms with van der Waals surface area (Å²) in [6.45, 7) is 4.43. The molecule has 2 aliphatic heterocycles. The highest BCUT2D eigenvalue weighted by molar-refractivity contribution is 8.13. The molecule has 164 valence electrons. The van der Waals surface area contributed by atoms with Crippen LogP contribution in [0.1, 0.15) is 26.3 Å². The Balaban J connectivity index is 2.23. The molecule has 0 bridgehead atoms. The lowest BCUT2D eigenvalue weighted by atomic mass is 9.78. The zero-order valence-electron chi connectivity index (χ0n) is 16.3. The molecule has 0 spiro atoms. The molecule has 1 aromatic carbocycles. The predicted molar refractivity (Wildman–Crippen MR) is 103 cm³/mol. The number of nitro benzene ring substituents is 1. The second-order valence-electron chi connectivity index (χ2n) is 8.06. The number of hydrogen-bond acceptors (Lipinski definition) is 6. The van der Waals surface area contributed by atoms with Gasteiger partial charge in [-0.2, -0.15) is 0 Å².